The number of halogens is 2. The Balaban J connectivity index is 1.72. The van der Waals surface area contributed by atoms with Crippen molar-refractivity contribution in [1.82, 2.24) is 15.2 Å². The summed E-state index contributed by atoms with van der Waals surface area (Å²) in [6.45, 7) is 5.55. The van der Waals surface area contributed by atoms with Crippen LogP contribution in [0.1, 0.15) is 44.1 Å². The molecule has 1 amide bonds. The number of aromatic nitrogens is 1. The van der Waals surface area contributed by atoms with Crippen LogP contribution in [-0.4, -0.2) is 34.9 Å². The van der Waals surface area contributed by atoms with Crippen molar-refractivity contribution in [3.8, 4) is 11.5 Å². The number of carbonyl (C=O) groups is 1. The summed E-state index contributed by atoms with van der Waals surface area (Å²) in [5.41, 5.74) is 0.923. The lowest BCUT2D eigenvalue weighted by atomic mass is 9.99. The Morgan fingerprint density at radius 2 is 2.19 bits per heavy atom. The van der Waals surface area contributed by atoms with Gasteiger partial charge in [-0.25, -0.2) is 13.8 Å². The number of likely N-dealkylation sites (tertiary alicyclic amines) is 1. The minimum Gasteiger partial charge on any atom is -0.441 e. The molecule has 1 fully saturated rings. The van der Waals surface area contributed by atoms with Crippen LogP contribution in [0.25, 0.3) is 11.5 Å². The van der Waals surface area contributed by atoms with Crippen LogP contribution >= 0.6 is 0 Å². The van der Waals surface area contributed by atoms with E-state index in [2.05, 4.69) is 15.2 Å². The maximum absolute atomic E-state index is 14.0. The number of aryl methyl sites for hydroxylation is 1. The molecule has 2 aromatic rings. The molecule has 1 N–H and O–H groups in total. The molecular formula is C20H25F2N3O2. The Morgan fingerprint density at radius 1 is 1.37 bits per heavy atom. The molecule has 1 atom stereocenters. The zero-order valence-electron chi connectivity index (χ0n) is 15.7. The van der Waals surface area contributed by atoms with Crippen LogP contribution in [0.2, 0.25) is 0 Å². The summed E-state index contributed by atoms with van der Waals surface area (Å²) >= 11 is 0. The number of nitrogens with zero attached hydrogens (tertiary/aromatic N) is 2. The molecule has 0 aliphatic carbocycles. The molecule has 146 valence electrons. The molecule has 1 aromatic carbocycles. The monoisotopic (exact) mass is 377 g/mol. The van der Waals surface area contributed by atoms with Gasteiger partial charge in [0.15, 0.2) is 0 Å². The van der Waals surface area contributed by atoms with E-state index in [-0.39, 0.29) is 17.4 Å². The van der Waals surface area contributed by atoms with Gasteiger partial charge in [0.1, 0.15) is 17.4 Å². The normalized spacial score (nSPS) is 17.9. The number of carbonyl (C=O) groups excluding carboxylic acids is 1. The molecule has 1 aliphatic heterocycles. The van der Waals surface area contributed by atoms with Gasteiger partial charge in [-0.3, -0.25) is 9.69 Å². The minimum absolute atomic E-state index is 0.0179. The topological polar surface area (TPSA) is 58.4 Å². The van der Waals surface area contributed by atoms with Crippen LogP contribution in [0.3, 0.4) is 0 Å². The molecule has 1 aliphatic rings. The average Bonchev–Trinajstić information content (AvgIpc) is 2.96. The summed E-state index contributed by atoms with van der Waals surface area (Å²) in [7, 11) is 0. The van der Waals surface area contributed by atoms with E-state index in [1.54, 1.807) is 0 Å². The quantitative estimate of drug-likeness (QED) is 0.832. The lowest BCUT2D eigenvalue weighted by molar-refractivity contribution is -0.119. The van der Waals surface area contributed by atoms with Crippen molar-refractivity contribution in [3.63, 3.8) is 0 Å². The van der Waals surface area contributed by atoms with Gasteiger partial charge in [-0.15, -0.1) is 0 Å². The highest BCUT2D eigenvalue weighted by molar-refractivity contribution is 5.72. The van der Waals surface area contributed by atoms with Crippen LogP contribution in [0, 0.1) is 18.6 Å². The van der Waals surface area contributed by atoms with Gasteiger partial charge in [0.2, 0.25) is 11.8 Å². The Bertz CT molecular complexity index is 807. The number of hydrogen-bond acceptors (Lipinski definition) is 4. The first-order valence-corrected chi connectivity index (χ1v) is 9.34. The van der Waals surface area contributed by atoms with Gasteiger partial charge >= 0.3 is 0 Å². The number of nitrogens with one attached hydrogen (secondary N) is 1. The lowest BCUT2D eigenvalue weighted by Gasteiger charge is -2.35. The first kappa shape index (κ1) is 19.5. The first-order chi connectivity index (χ1) is 12.9. The number of rotatable bonds is 6. The highest BCUT2D eigenvalue weighted by Gasteiger charge is 2.25. The Hall–Kier alpha value is -2.28. The van der Waals surface area contributed by atoms with E-state index in [9.17, 15) is 13.6 Å². The van der Waals surface area contributed by atoms with Crippen molar-refractivity contribution >= 4 is 5.91 Å². The van der Waals surface area contributed by atoms with E-state index in [4.69, 9.17) is 4.42 Å². The van der Waals surface area contributed by atoms with Gasteiger partial charge in [-0.1, -0.05) is 6.42 Å². The number of amides is 1. The van der Waals surface area contributed by atoms with Crippen molar-refractivity contribution in [2.24, 2.45) is 0 Å². The van der Waals surface area contributed by atoms with Crippen molar-refractivity contribution in [2.45, 2.75) is 52.1 Å². The number of hydrogen-bond donors (Lipinski definition) is 1. The summed E-state index contributed by atoms with van der Waals surface area (Å²) in [6.07, 6.45) is 4.25. The molecule has 5 nitrogen and oxygen atoms in total. The largest absolute Gasteiger partial charge is 0.441 e. The van der Waals surface area contributed by atoms with Crippen LogP contribution < -0.4 is 5.32 Å². The van der Waals surface area contributed by atoms with Crippen molar-refractivity contribution in [2.75, 3.05) is 13.1 Å². The zero-order chi connectivity index (χ0) is 19.4. The SMILES string of the molecule is CC(=O)NCCC1CCCCN1Cc1nc(-c2ccc(F)cc2F)oc1C. The predicted molar refractivity (Wildman–Crippen MR) is 97.9 cm³/mol. The average molecular weight is 377 g/mol. The fourth-order valence-electron chi connectivity index (χ4n) is 3.56. The van der Waals surface area contributed by atoms with Gasteiger partial charge in [-0.2, -0.15) is 0 Å². The van der Waals surface area contributed by atoms with E-state index in [1.165, 1.54) is 25.5 Å². The van der Waals surface area contributed by atoms with E-state index in [1.807, 2.05) is 6.92 Å². The number of piperidine rings is 1. The highest BCUT2D eigenvalue weighted by Crippen LogP contribution is 2.27. The molecule has 7 heteroatoms. The highest BCUT2D eigenvalue weighted by atomic mass is 19.1. The minimum atomic E-state index is -0.686. The van der Waals surface area contributed by atoms with Gasteiger partial charge < -0.3 is 9.73 Å². The second-order valence-electron chi connectivity index (χ2n) is 7.04. The zero-order valence-corrected chi connectivity index (χ0v) is 15.7. The van der Waals surface area contributed by atoms with Crippen molar-refractivity contribution in [1.29, 1.82) is 0 Å². The van der Waals surface area contributed by atoms with Crippen LogP contribution in [0.5, 0.6) is 0 Å². The van der Waals surface area contributed by atoms with Gasteiger partial charge in [0, 0.05) is 32.1 Å². The standard InChI is InChI=1S/C20H25F2N3O2/c1-13-19(24-20(27-13)17-7-6-15(21)11-18(17)22)12-25-10-4-3-5-16(25)8-9-23-14(2)26/h6-7,11,16H,3-5,8-10,12H2,1-2H3,(H,23,26). The lowest BCUT2D eigenvalue weighted by Crippen LogP contribution is -2.41. The summed E-state index contributed by atoms with van der Waals surface area (Å²) in [5.74, 6) is -0.522. The van der Waals surface area contributed by atoms with Crippen LogP contribution in [-0.2, 0) is 11.3 Å². The fourth-order valence-corrected chi connectivity index (χ4v) is 3.56. The van der Waals surface area contributed by atoms with E-state index >= 15 is 0 Å². The smallest absolute Gasteiger partial charge is 0.229 e. The molecule has 0 spiro atoms. The molecule has 2 heterocycles. The molecule has 27 heavy (non-hydrogen) atoms. The Kier molecular flexibility index (Phi) is 6.21. The molecule has 1 aromatic heterocycles. The van der Waals surface area contributed by atoms with Gasteiger partial charge in [-0.05, 0) is 44.9 Å². The third kappa shape index (κ3) is 4.91. The number of oxazole rings is 1. The maximum atomic E-state index is 14.0. The number of benzene rings is 1. The molecule has 0 radical (unpaired) electrons. The third-order valence-corrected chi connectivity index (χ3v) is 5.01. The first-order valence-electron chi connectivity index (χ1n) is 9.34. The second-order valence-corrected chi connectivity index (χ2v) is 7.04. The molecule has 1 saturated heterocycles. The van der Waals surface area contributed by atoms with Crippen molar-refractivity contribution in [3.05, 3.63) is 41.3 Å². The maximum Gasteiger partial charge on any atom is 0.229 e. The van der Waals surface area contributed by atoms with Crippen LogP contribution in [0.4, 0.5) is 8.78 Å². The molecule has 0 saturated carbocycles. The third-order valence-electron chi connectivity index (χ3n) is 5.01. The summed E-state index contributed by atoms with van der Waals surface area (Å²) in [5, 5.41) is 2.85. The van der Waals surface area contributed by atoms with Crippen molar-refractivity contribution < 1.29 is 18.0 Å². The Labute approximate surface area is 157 Å². The predicted octanol–water partition coefficient (Wildman–Crippen LogP) is 3.81. The second kappa shape index (κ2) is 8.61. The van der Waals surface area contributed by atoms with Gasteiger partial charge in [0.05, 0.1) is 11.3 Å². The fraction of sp³-hybridized carbons (Fsp3) is 0.500. The van der Waals surface area contributed by atoms with Crippen LogP contribution in [0.15, 0.2) is 22.6 Å². The summed E-state index contributed by atoms with van der Waals surface area (Å²) in [6, 6.07) is 3.74. The Morgan fingerprint density at radius 3 is 2.93 bits per heavy atom. The molecule has 3 rings (SSSR count). The van der Waals surface area contributed by atoms with E-state index < -0.39 is 11.6 Å². The summed E-state index contributed by atoms with van der Waals surface area (Å²) in [4.78, 5) is 17.9. The molecular weight excluding hydrogens is 352 g/mol. The van der Waals surface area contributed by atoms with E-state index in [0.29, 0.717) is 24.9 Å². The summed E-state index contributed by atoms with van der Waals surface area (Å²) < 4.78 is 32.8. The molecule has 1 unspecified atom stereocenters. The molecule has 0 bridgehead atoms. The van der Waals surface area contributed by atoms with E-state index in [0.717, 1.165) is 37.6 Å². The van der Waals surface area contributed by atoms with Gasteiger partial charge in [0.25, 0.3) is 0 Å².